The number of unbranched alkanes of at least 4 members (excludes halogenated alkanes) is 1. The average Bonchev–Trinajstić information content (AvgIpc) is 2.39. The van der Waals surface area contributed by atoms with E-state index in [2.05, 4.69) is 27.7 Å². The molecule has 0 aromatic heterocycles. The predicted molar refractivity (Wildman–Crippen MR) is 79.7 cm³/mol. The summed E-state index contributed by atoms with van der Waals surface area (Å²) < 4.78 is 0. The smallest absolute Gasteiger partial charge is 0.269 e. The van der Waals surface area contributed by atoms with Crippen molar-refractivity contribution in [3.05, 3.63) is 0 Å². The number of hydrogen-bond donors (Lipinski definition) is 0. The number of carbonyl (C=O) groups is 1. The third kappa shape index (κ3) is 5.80. The minimum absolute atomic E-state index is 0.0776. The number of rotatable bonds is 10. The zero-order valence-corrected chi connectivity index (χ0v) is 14.2. The van der Waals surface area contributed by atoms with Gasteiger partial charge in [-0.3, -0.25) is 4.89 Å². The van der Waals surface area contributed by atoms with Gasteiger partial charge >= 0.3 is 5.97 Å². The third-order valence-electron chi connectivity index (χ3n) is 4.60. The Morgan fingerprint density at radius 3 is 2.15 bits per heavy atom. The van der Waals surface area contributed by atoms with Gasteiger partial charge in [-0.05, 0) is 43.6 Å². The first-order valence-corrected chi connectivity index (χ1v) is 7.78. The van der Waals surface area contributed by atoms with Gasteiger partial charge in [-0.2, -0.15) is 4.89 Å². The molecule has 4 heteroatoms. The summed E-state index contributed by atoms with van der Waals surface area (Å²) in [5.41, 5.74) is -0.612. The first-order valence-electron chi connectivity index (χ1n) is 7.78. The molecule has 0 saturated heterocycles. The van der Waals surface area contributed by atoms with E-state index in [4.69, 9.17) is 14.8 Å². The fourth-order valence-corrected chi connectivity index (χ4v) is 1.68. The Kier molecular flexibility index (Phi) is 8.36. The predicted octanol–water partition coefficient (Wildman–Crippen LogP) is 4.82. The Balaban J connectivity index is 4.25. The van der Waals surface area contributed by atoms with Crippen molar-refractivity contribution < 1.29 is 19.6 Å². The maximum Gasteiger partial charge on any atom is 0.348 e. The average molecular weight is 288 g/mol. The molecule has 0 amide bonds. The second kappa shape index (κ2) is 8.63. The molecule has 4 nitrogen and oxygen atoms in total. The van der Waals surface area contributed by atoms with Crippen LogP contribution in [0.2, 0.25) is 0 Å². The molecule has 0 radical (unpaired) electrons. The molecular weight excluding hydrogens is 256 g/mol. The summed E-state index contributed by atoms with van der Waals surface area (Å²) in [6, 6.07) is 0. The van der Waals surface area contributed by atoms with Gasteiger partial charge in [-0.25, -0.2) is 4.79 Å². The highest BCUT2D eigenvalue weighted by molar-refractivity contribution is 5.71. The van der Waals surface area contributed by atoms with Crippen LogP contribution in [0.3, 0.4) is 0 Å². The molecule has 0 spiro atoms. The van der Waals surface area contributed by atoms with Crippen molar-refractivity contribution >= 4 is 5.97 Å². The van der Waals surface area contributed by atoms with Crippen molar-refractivity contribution in [2.24, 2.45) is 11.3 Å². The topological polar surface area (TPSA) is 44.8 Å². The Hall–Kier alpha value is -0.610. The molecule has 1 unspecified atom stereocenters. The minimum Gasteiger partial charge on any atom is -0.269 e. The summed E-state index contributed by atoms with van der Waals surface area (Å²) >= 11 is 0. The van der Waals surface area contributed by atoms with Crippen LogP contribution in [0.15, 0.2) is 0 Å². The van der Waals surface area contributed by atoms with Crippen LogP contribution in [0.4, 0.5) is 0 Å². The molecule has 0 aliphatic heterocycles. The lowest BCUT2D eigenvalue weighted by atomic mass is 9.75. The molecule has 0 aromatic rings. The Bertz CT molecular complexity index is 284. The summed E-state index contributed by atoms with van der Waals surface area (Å²) in [7, 11) is 0. The molecule has 0 bridgehead atoms. The van der Waals surface area contributed by atoms with E-state index >= 15 is 0 Å². The zero-order chi connectivity index (χ0) is 15.8. The van der Waals surface area contributed by atoms with Crippen LogP contribution in [-0.4, -0.2) is 11.6 Å². The monoisotopic (exact) mass is 288 g/mol. The molecule has 0 aromatic carbocycles. The third-order valence-corrected chi connectivity index (χ3v) is 4.60. The first-order chi connectivity index (χ1) is 9.21. The maximum atomic E-state index is 11.9. The van der Waals surface area contributed by atoms with E-state index in [1.165, 1.54) is 0 Å². The fraction of sp³-hybridized carbons (Fsp3) is 0.938. The van der Waals surface area contributed by atoms with Gasteiger partial charge in [0.1, 0.15) is 5.60 Å². The van der Waals surface area contributed by atoms with Gasteiger partial charge in [0.2, 0.25) is 0 Å². The molecule has 0 aliphatic carbocycles. The van der Waals surface area contributed by atoms with Crippen LogP contribution in [-0.2, 0) is 19.6 Å². The van der Waals surface area contributed by atoms with Crippen molar-refractivity contribution in [1.82, 2.24) is 0 Å². The molecule has 1 atom stereocenters. The Morgan fingerprint density at radius 1 is 1.10 bits per heavy atom. The van der Waals surface area contributed by atoms with E-state index in [9.17, 15) is 4.79 Å². The maximum absolute atomic E-state index is 11.9. The molecule has 0 aliphatic rings. The lowest BCUT2D eigenvalue weighted by molar-refractivity contribution is -0.527. The quantitative estimate of drug-likeness (QED) is 0.427. The van der Waals surface area contributed by atoms with E-state index in [0.29, 0.717) is 0 Å². The molecule has 0 heterocycles. The van der Waals surface area contributed by atoms with Crippen LogP contribution < -0.4 is 0 Å². The highest BCUT2D eigenvalue weighted by Crippen LogP contribution is 2.36. The van der Waals surface area contributed by atoms with Crippen LogP contribution in [0.1, 0.15) is 80.6 Å². The lowest BCUT2D eigenvalue weighted by Gasteiger charge is -2.38. The zero-order valence-electron chi connectivity index (χ0n) is 14.2. The molecule has 0 rings (SSSR count). The molecule has 0 N–H and O–H groups in total. The van der Waals surface area contributed by atoms with E-state index in [1.54, 1.807) is 0 Å². The highest BCUT2D eigenvalue weighted by Gasteiger charge is 2.38. The van der Waals surface area contributed by atoms with Gasteiger partial charge in [-0.1, -0.05) is 47.5 Å². The normalized spacial score (nSPS) is 14.2. The standard InChI is InChI=1S/C16H32O4/c1-8-11-12-13(9-2)14(17)18-20-19-16(6,7)15(4,5)10-3/h13H,8-12H2,1-7H3. The molecule has 0 saturated carbocycles. The molecule has 20 heavy (non-hydrogen) atoms. The highest BCUT2D eigenvalue weighted by atomic mass is 17.5. The van der Waals surface area contributed by atoms with E-state index in [0.717, 1.165) is 32.1 Å². The number of carbonyl (C=O) groups excluding carboxylic acids is 1. The van der Waals surface area contributed by atoms with Gasteiger partial charge in [0, 0.05) is 0 Å². The van der Waals surface area contributed by atoms with Gasteiger partial charge < -0.3 is 0 Å². The van der Waals surface area contributed by atoms with Gasteiger partial charge in [0.05, 0.1) is 5.92 Å². The van der Waals surface area contributed by atoms with Crippen molar-refractivity contribution in [2.45, 2.75) is 86.2 Å². The van der Waals surface area contributed by atoms with Crippen LogP contribution >= 0.6 is 0 Å². The Morgan fingerprint density at radius 2 is 1.70 bits per heavy atom. The minimum atomic E-state index is -0.535. The van der Waals surface area contributed by atoms with Crippen molar-refractivity contribution in [2.75, 3.05) is 0 Å². The Labute approximate surface area is 124 Å². The SMILES string of the molecule is CCCCC(CC)C(=O)OOOC(C)(C)C(C)(C)CC. The van der Waals surface area contributed by atoms with Crippen LogP contribution in [0, 0.1) is 11.3 Å². The van der Waals surface area contributed by atoms with Gasteiger partial charge in [0.25, 0.3) is 0 Å². The number of hydrogen-bond acceptors (Lipinski definition) is 4. The second-order valence-corrected chi connectivity index (χ2v) is 6.55. The summed E-state index contributed by atoms with van der Waals surface area (Å²) in [6.45, 7) is 14.2. The summed E-state index contributed by atoms with van der Waals surface area (Å²) in [5, 5.41) is 4.76. The second-order valence-electron chi connectivity index (χ2n) is 6.55. The van der Waals surface area contributed by atoms with Crippen molar-refractivity contribution in [1.29, 1.82) is 0 Å². The van der Waals surface area contributed by atoms with Gasteiger partial charge in [0.15, 0.2) is 0 Å². The summed E-state index contributed by atoms with van der Waals surface area (Å²) in [4.78, 5) is 22.0. The fourth-order valence-electron chi connectivity index (χ4n) is 1.68. The molecule has 120 valence electrons. The van der Waals surface area contributed by atoms with Crippen molar-refractivity contribution in [3.63, 3.8) is 0 Å². The first kappa shape index (κ1) is 19.4. The van der Waals surface area contributed by atoms with E-state index in [1.807, 2.05) is 20.8 Å². The lowest BCUT2D eigenvalue weighted by Crippen LogP contribution is -2.41. The van der Waals surface area contributed by atoms with Crippen molar-refractivity contribution in [3.8, 4) is 0 Å². The van der Waals surface area contributed by atoms with Gasteiger partial charge in [-0.15, -0.1) is 0 Å². The van der Waals surface area contributed by atoms with E-state index < -0.39 is 5.60 Å². The molecular formula is C16H32O4. The largest absolute Gasteiger partial charge is 0.348 e. The van der Waals surface area contributed by atoms with Crippen LogP contribution in [0.5, 0.6) is 0 Å². The summed E-state index contributed by atoms with van der Waals surface area (Å²) in [6.07, 6.45) is 4.61. The van der Waals surface area contributed by atoms with Crippen LogP contribution in [0.25, 0.3) is 0 Å². The molecule has 0 fully saturated rings. The summed E-state index contributed by atoms with van der Waals surface area (Å²) in [5.74, 6) is -0.452. The van der Waals surface area contributed by atoms with E-state index in [-0.39, 0.29) is 17.3 Å².